The van der Waals surface area contributed by atoms with E-state index >= 15 is 0 Å². The monoisotopic (exact) mass is 192 g/mol. The molecular formula is C10H12N2O2. The minimum Gasteiger partial charge on any atom is -0.411 e. The molecule has 1 aromatic carbocycles. The summed E-state index contributed by atoms with van der Waals surface area (Å²) in [6.07, 6.45) is 2.04. The lowest BCUT2D eigenvalue weighted by Gasteiger charge is -1.99. The number of benzene rings is 1. The van der Waals surface area contributed by atoms with E-state index in [1.54, 1.807) is 0 Å². The highest BCUT2D eigenvalue weighted by molar-refractivity contribution is 6.37. The Kier molecular flexibility index (Phi) is 3.67. The van der Waals surface area contributed by atoms with Crippen LogP contribution in [0.5, 0.6) is 0 Å². The molecule has 4 heteroatoms. The van der Waals surface area contributed by atoms with Crippen LogP contribution in [0.4, 0.5) is 0 Å². The Balaban J connectivity index is 2.96. The van der Waals surface area contributed by atoms with E-state index in [1.807, 2.05) is 24.3 Å². The molecule has 0 bridgehead atoms. The van der Waals surface area contributed by atoms with Crippen LogP contribution in [0.3, 0.4) is 0 Å². The van der Waals surface area contributed by atoms with Gasteiger partial charge in [-0.1, -0.05) is 41.5 Å². The maximum atomic E-state index is 8.62. The zero-order valence-corrected chi connectivity index (χ0v) is 7.88. The largest absolute Gasteiger partial charge is 0.411 e. The molecule has 0 fully saturated rings. The fraction of sp³-hybridized carbons (Fsp3) is 0.200. The van der Waals surface area contributed by atoms with Crippen molar-refractivity contribution in [1.82, 2.24) is 0 Å². The molecule has 0 saturated carbocycles. The molecule has 0 aliphatic carbocycles. The van der Waals surface area contributed by atoms with Crippen molar-refractivity contribution in [3.63, 3.8) is 0 Å². The molecule has 74 valence electrons. The van der Waals surface area contributed by atoms with Crippen LogP contribution in [0.2, 0.25) is 0 Å². The maximum absolute atomic E-state index is 8.62. The van der Waals surface area contributed by atoms with Crippen molar-refractivity contribution >= 4 is 11.9 Å². The number of aryl methyl sites for hydroxylation is 1. The Morgan fingerprint density at radius 1 is 1.29 bits per heavy atom. The molecule has 0 spiro atoms. The second-order valence-electron chi connectivity index (χ2n) is 2.78. The topological polar surface area (TPSA) is 65.2 Å². The predicted octanol–water partition coefficient (Wildman–Crippen LogP) is 1.89. The molecule has 0 aliphatic rings. The summed E-state index contributed by atoms with van der Waals surface area (Å²) in [7, 11) is 0. The van der Waals surface area contributed by atoms with Crippen molar-refractivity contribution in [2.45, 2.75) is 13.3 Å². The number of rotatable bonds is 3. The number of nitrogens with zero attached hydrogens (tertiary/aromatic N) is 2. The van der Waals surface area contributed by atoms with Crippen LogP contribution in [0.1, 0.15) is 18.1 Å². The summed E-state index contributed by atoms with van der Waals surface area (Å²) in [6, 6.07) is 7.50. The fourth-order valence-electron chi connectivity index (χ4n) is 1.12. The summed E-state index contributed by atoms with van der Waals surface area (Å²) in [5.41, 5.74) is 2.14. The first-order valence-corrected chi connectivity index (χ1v) is 4.30. The number of hydrogen-bond acceptors (Lipinski definition) is 4. The Labute approximate surface area is 82.2 Å². The fourth-order valence-corrected chi connectivity index (χ4v) is 1.12. The minimum absolute atomic E-state index is 0.232. The number of oxime groups is 2. The van der Waals surface area contributed by atoms with Crippen LogP contribution in [-0.4, -0.2) is 22.3 Å². The van der Waals surface area contributed by atoms with E-state index < -0.39 is 0 Å². The molecule has 1 rings (SSSR count). The molecule has 0 unspecified atom stereocenters. The van der Waals surface area contributed by atoms with E-state index in [0.717, 1.165) is 12.6 Å². The third kappa shape index (κ3) is 2.32. The van der Waals surface area contributed by atoms with E-state index in [4.69, 9.17) is 10.4 Å². The van der Waals surface area contributed by atoms with E-state index in [-0.39, 0.29) is 5.71 Å². The van der Waals surface area contributed by atoms with Gasteiger partial charge in [-0.15, -0.1) is 0 Å². The van der Waals surface area contributed by atoms with Gasteiger partial charge in [0.1, 0.15) is 5.71 Å². The summed E-state index contributed by atoms with van der Waals surface area (Å²) < 4.78 is 0. The molecule has 0 amide bonds. The number of hydrogen-bond donors (Lipinski definition) is 2. The van der Waals surface area contributed by atoms with Crippen molar-refractivity contribution in [3.8, 4) is 0 Å². The maximum Gasteiger partial charge on any atom is 0.131 e. The molecule has 0 radical (unpaired) electrons. The molecule has 2 N–H and O–H groups in total. The lowest BCUT2D eigenvalue weighted by Crippen LogP contribution is -2.02. The van der Waals surface area contributed by atoms with Gasteiger partial charge in [-0.25, -0.2) is 0 Å². The van der Waals surface area contributed by atoms with Gasteiger partial charge < -0.3 is 10.4 Å². The van der Waals surface area contributed by atoms with E-state index in [2.05, 4.69) is 17.2 Å². The molecule has 0 heterocycles. The average Bonchev–Trinajstić information content (AvgIpc) is 2.26. The normalized spacial score (nSPS) is 12.2. The second kappa shape index (κ2) is 5.01. The Morgan fingerprint density at radius 2 is 1.93 bits per heavy atom. The van der Waals surface area contributed by atoms with Gasteiger partial charge in [0, 0.05) is 5.56 Å². The Morgan fingerprint density at radius 3 is 2.36 bits per heavy atom. The minimum atomic E-state index is 0.232. The molecule has 1 aromatic rings. The summed E-state index contributed by atoms with van der Waals surface area (Å²) in [5.74, 6) is 0. The highest BCUT2D eigenvalue weighted by atomic mass is 16.4. The van der Waals surface area contributed by atoms with Gasteiger partial charge in [0.15, 0.2) is 0 Å². The summed E-state index contributed by atoms with van der Waals surface area (Å²) in [4.78, 5) is 0. The first-order valence-electron chi connectivity index (χ1n) is 4.30. The third-order valence-corrected chi connectivity index (χ3v) is 1.95. The van der Waals surface area contributed by atoms with Crippen molar-refractivity contribution in [1.29, 1.82) is 0 Å². The van der Waals surface area contributed by atoms with Gasteiger partial charge in [0.25, 0.3) is 0 Å². The van der Waals surface area contributed by atoms with Gasteiger partial charge >= 0.3 is 0 Å². The molecular weight excluding hydrogens is 180 g/mol. The predicted molar refractivity (Wildman–Crippen MR) is 54.4 cm³/mol. The van der Waals surface area contributed by atoms with Gasteiger partial charge in [0.05, 0.1) is 6.21 Å². The van der Waals surface area contributed by atoms with Crippen LogP contribution in [0, 0.1) is 0 Å². The van der Waals surface area contributed by atoms with E-state index in [0.29, 0.717) is 5.56 Å². The molecule has 14 heavy (non-hydrogen) atoms. The van der Waals surface area contributed by atoms with Gasteiger partial charge in [-0.2, -0.15) is 0 Å². The van der Waals surface area contributed by atoms with Crippen LogP contribution in [0.15, 0.2) is 34.6 Å². The summed E-state index contributed by atoms with van der Waals surface area (Å²) in [6.45, 7) is 2.06. The SMILES string of the molecule is CCc1ccc(C(/C=N\O)=N/O)cc1. The molecule has 0 atom stereocenters. The van der Waals surface area contributed by atoms with Crippen LogP contribution >= 0.6 is 0 Å². The van der Waals surface area contributed by atoms with Gasteiger partial charge in [0.2, 0.25) is 0 Å². The van der Waals surface area contributed by atoms with Crippen molar-refractivity contribution in [2.24, 2.45) is 10.3 Å². The third-order valence-electron chi connectivity index (χ3n) is 1.95. The molecule has 0 aromatic heterocycles. The second-order valence-corrected chi connectivity index (χ2v) is 2.78. The summed E-state index contributed by atoms with van der Waals surface area (Å²) >= 11 is 0. The standard InChI is InChI=1S/C10H12N2O2/c1-2-8-3-5-9(6-4-8)10(12-14)7-11-13/h3-7,13-14H,2H2,1H3/b11-7-,12-10+. The zero-order valence-electron chi connectivity index (χ0n) is 7.88. The lowest BCUT2D eigenvalue weighted by atomic mass is 10.1. The quantitative estimate of drug-likeness (QED) is 0.436. The van der Waals surface area contributed by atoms with Crippen LogP contribution in [-0.2, 0) is 6.42 Å². The Bertz CT molecular complexity index is 342. The van der Waals surface area contributed by atoms with Crippen LogP contribution < -0.4 is 0 Å². The molecule has 4 nitrogen and oxygen atoms in total. The Hall–Kier alpha value is -1.84. The smallest absolute Gasteiger partial charge is 0.131 e. The van der Waals surface area contributed by atoms with Gasteiger partial charge in [-0.3, -0.25) is 0 Å². The zero-order chi connectivity index (χ0) is 10.4. The highest BCUT2D eigenvalue weighted by Gasteiger charge is 2.00. The molecule has 0 aliphatic heterocycles. The van der Waals surface area contributed by atoms with E-state index in [9.17, 15) is 0 Å². The average molecular weight is 192 g/mol. The molecule has 0 saturated heterocycles. The highest BCUT2D eigenvalue weighted by Crippen LogP contribution is 2.05. The van der Waals surface area contributed by atoms with Crippen molar-refractivity contribution < 1.29 is 10.4 Å². The van der Waals surface area contributed by atoms with Gasteiger partial charge in [-0.05, 0) is 12.0 Å². The first kappa shape index (κ1) is 10.2. The van der Waals surface area contributed by atoms with Crippen molar-refractivity contribution in [2.75, 3.05) is 0 Å². The lowest BCUT2D eigenvalue weighted by molar-refractivity contribution is 0.316. The van der Waals surface area contributed by atoms with Crippen molar-refractivity contribution in [3.05, 3.63) is 35.4 Å². The summed E-state index contributed by atoms with van der Waals surface area (Å²) in [5, 5.41) is 22.8. The van der Waals surface area contributed by atoms with E-state index in [1.165, 1.54) is 5.56 Å². The van der Waals surface area contributed by atoms with Crippen LogP contribution in [0.25, 0.3) is 0 Å². The first-order chi connectivity index (χ1) is 6.81.